The van der Waals surface area contributed by atoms with E-state index in [0.29, 0.717) is 17.1 Å². The van der Waals surface area contributed by atoms with E-state index in [0.717, 1.165) is 11.3 Å². The number of sulfone groups is 1. The summed E-state index contributed by atoms with van der Waals surface area (Å²) in [7, 11) is -3.09. The number of aryl methyl sites for hydroxylation is 1. The predicted octanol–water partition coefficient (Wildman–Crippen LogP) is 3.28. The first-order chi connectivity index (χ1) is 12.4. The summed E-state index contributed by atoms with van der Waals surface area (Å²) in [5.41, 5.74) is 2.49. The molecular weight excluding hydrogens is 372 g/mol. The maximum atomic E-state index is 12.9. The number of para-hydroxylation sites is 1. The van der Waals surface area contributed by atoms with E-state index in [4.69, 9.17) is 11.6 Å². The molecule has 5 nitrogen and oxygen atoms in total. The Kier molecular flexibility index (Phi) is 5.53. The number of nitrogens with one attached hydrogen (secondary N) is 1. The summed E-state index contributed by atoms with van der Waals surface area (Å²) in [5, 5.41) is 3.71. The van der Waals surface area contributed by atoms with Crippen molar-refractivity contribution in [3.63, 3.8) is 0 Å². The summed E-state index contributed by atoms with van der Waals surface area (Å²) < 4.78 is 23.8. The Morgan fingerprint density at radius 1 is 1.23 bits per heavy atom. The first kappa shape index (κ1) is 18.7. The fourth-order valence-electron chi connectivity index (χ4n) is 3.17. The lowest BCUT2D eigenvalue weighted by Crippen LogP contribution is -2.44. The summed E-state index contributed by atoms with van der Waals surface area (Å²) in [4.78, 5) is 14.6. The normalized spacial score (nSPS) is 18.5. The highest BCUT2D eigenvalue weighted by Crippen LogP contribution is 2.25. The summed E-state index contributed by atoms with van der Waals surface area (Å²) in [6.07, 6.45) is 0.458. The van der Waals surface area contributed by atoms with E-state index in [1.165, 1.54) is 0 Å². The van der Waals surface area contributed by atoms with Crippen molar-refractivity contribution in [1.29, 1.82) is 0 Å². The third-order valence-corrected chi connectivity index (χ3v) is 6.49. The van der Waals surface area contributed by atoms with Gasteiger partial charge in [0.1, 0.15) is 0 Å². The molecule has 0 spiro atoms. The van der Waals surface area contributed by atoms with E-state index in [9.17, 15) is 13.2 Å². The van der Waals surface area contributed by atoms with Crippen molar-refractivity contribution in [2.45, 2.75) is 19.4 Å². The van der Waals surface area contributed by atoms with Gasteiger partial charge in [0.25, 0.3) is 0 Å². The molecule has 1 heterocycles. The molecule has 138 valence electrons. The average Bonchev–Trinajstić information content (AvgIpc) is 2.96. The lowest BCUT2D eigenvalue weighted by atomic mass is 10.1. The van der Waals surface area contributed by atoms with Gasteiger partial charge in [-0.05, 0) is 43.2 Å². The van der Waals surface area contributed by atoms with Gasteiger partial charge in [0.15, 0.2) is 9.84 Å². The van der Waals surface area contributed by atoms with Crippen molar-refractivity contribution in [2.75, 3.05) is 28.3 Å². The Morgan fingerprint density at radius 3 is 2.62 bits per heavy atom. The van der Waals surface area contributed by atoms with E-state index in [1.807, 2.05) is 43.3 Å². The molecule has 3 rings (SSSR count). The highest BCUT2D eigenvalue weighted by molar-refractivity contribution is 7.91. The van der Waals surface area contributed by atoms with Gasteiger partial charge >= 0.3 is 0 Å². The number of halogens is 1. The average molecular weight is 393 g/mol. The molecule has 0 bridgehead atoms. The summed E-state index contributed by atoms with van der Waals surface area (Å²) in [6, 6.07) is 14.3. The molecule has 1 N–H and O–H groups in total. The zero-order valence-electron chi connectivity index (χ0n) is 14.5. The van der Waals surface area contributed by atoms with Crippen LogP contribution in [0.15, 0.2) is 48.5 Å². The SMILES string of the molecule is Cc1ccc(Cl)cc1NCC(=O)N(c1ccccc1)C1CCS(=O)(=O)C1. The molecule has 1 unspecified atom stereocenters. The van der Waals surface area contributed by atoms with Crippen molar-refractivity contribution in [3.8, 4) is 0 Å². The third-order valence-electron chi connectivity index (χ3n) is 4.51. The van der Waals surface area contributed by atoms with Crippen LogP contribution >= 0.6 is 11.6 Å². The molecule has 0 radical (unpaired) electrons. The molecule has 0 aliphatic carbocycles. The second-order valence-electron chi connectivity index (χ2n) is 6.47. The molecule has 1 amide bonds. The van der Waals surface area contributed by atoms with Crippen molar-refractivity contribution >= 4 is 38.7 Å². The van der Waals surface area contributed by atoms with Crippen molar-refractivity contribution in [1.82, 2.24) is 0 Å². The van der Waals surface area contributed by atoms with Gasteiger partial charge in [-0.3, -0.25) is 4.79 Å². The van der Waals surface area contributed by atoms with Crippen LogP contribution in [0.3, 0.4) is 0 Å². The fraction of sp³-hybridized carbons (Fsp3) is 0.316. The van der Waals surface area contributed by atoms with Gasteiger partial charge in [0, 0.05) is 16.4 Å². The van der Waals surface area contributed by atoms with E-state index >= 15 is 0 Å². The van der Waals surface area contributed by atoms with Crippen LogP contribution in [0.25, 0.3) is 0 Å². The summed E-state index contributed by atoms with van der Waals surface area (Å²) in [5.74, 6) is -0.0449. The highest BCUT2D eigenvalue weighted by atomic mass is 35.5. The molecule has 1 aliphatic heterocycles. The van der Waals surface area contributed by atoms with Crippen LogP contribution in [0, 0.1) is 6.92 Å². The topological polar surface area (TPSA) is 66.5 Å². The maximum absolute atomic E-state index is 12.9. The molecule has 7 heteroatoms. The highest BCUT2D eigenvalue weighted by Gasteiger charge is 2.35. The van der Waals surface area contributed by atoms with E-state index < -0.39 is 9.84 Å². The third kappa shape index (κ3) is 4.37. The van der Waals surface area contributed by atoms with Crippen molar-refractivity contribution in [2.24, 2.45) is 0 Å². The minimum absolute atomic E-state index is 0.00380. The van der Waals surface area contributed by atoms with Gasteiger partial charge in [-0.2, -0.15) is 0 Å². The van der Waals surface area contributed by atoms with Crippen LogP contribution in [-0.2, 0) is 14.6 Å². The van der Waals surface area contributed by atoms with E-state index in [1.54, 1.807) is 17.0 Å². The smallest absolute Gasteiger partial charge is 0.246 e. The zero-order valence-corrected chi connectivity index (χ0v) is 16.1. The lowest BCUT2D eigenvalue weighted by Gasteiger charge is -2.29. The number of anilines is 2. The quantitative estimate of drug-likeness (QED) is 0.847. The van der Waals surface area contributed by atoms with Crippen LogP contribution in [0.4, 0.5) is 11.4 Å². The zero-order chi connectivity index (χ0) is 18.7. The van der Waals surface area contributed by atoms with Gasteiger partial charge in [-0.25, -0.2) is 8.42 Å². The number of hydrogen-bond donors (Lipinski definition) is 1. The summed E-state index contributed by atoms with van der Waals surface area (Å²) >= 11 is 6.02. The molecule has 1 atom stereocenters. The molecule has 0 saturated carbocycles. The Bertz CT molecular complexity index is 900. The maximum Gasteiger partial charge on any atom is 0.246 e. The first-order valence-corrected chi connectivity index (χ1v) is 10.6. The molecule has 26 heavy (non-hydrogen) atoms. The van der Waals surface area contributed by atoms with Crippen LogP contribution in [0.1, 0.15) is 12.0 Å². The lowest BCUT2D eigenvalue weighted by molar-refractivity contribution is -0.117. The second kappa shape index (κ2) is 7.68. The Labute approximate surface area is 158 Å². The Morgan fingerprint density at radius 2 is 1.96 bits per heavy atom. The monoisotopic (exact) mass is 392 g/mol. The number of rotatable bonds is 5. The van der Waals surface area contributed by atoms with E-state index in [-0.39, 0.29) is 30.0 Å². The van der Waals surface area contributed by atoms with Gasteiger partial charge < -0.3 is 10.2 Å². The Hall–Kier alpha value is -2.05. The number of nitrogens with zero attached hydrogens (tertiary/aromatic N) is 1. The van der Waals surface area contributed by atoms with Crippen molar-refractivity contribution < 1.29 is 13.2 Å². The fourth-order valence-corrected chi connectivity index (χ4v) is 5.04. The van der Waals surface area contributed by atoms with E-state index in [2.05, 4.69) is 5.32 Å². The second-order valence-corrected chi connectivity index (χ2v) is 9.13. The van der Waals surface area contributed by atoms with Gasteiger partial charge in [-0.1, -0.05) is 35.9 Å². The molecular formula is C19H21ClN2O3S. The van der Waals surface area contributed by atoms with Gasteiger partial charge in [0.05, 0.1) is 24.1 Å². The predicted molar refractivity (Wildman–Crippen MR) is 106 cm³/mol. The van der Waals surface area contributed by atoms with Gasteiger partial charge in [0.2, 0.25) is 5.91 Å². The minimum atomic E-state index is -3.09. The van der Waals surface area contributed by atoms with Crippen LogP contribution in [0.2, 0.25) is 5.02 Å². The Balaban J connectivity index is 1.80. The molecule has 1 aliphatic rings. The van der Waals surface area contributed by atoms with Crippen LogP contribution in [-0.4, -0.2) is 38.4 Å². The number of carbonyl (C=O) groups excluding carboxylic acids is 1. The molecule has 1 saturated heterocycles. The number of amides is 1. The summed E-state index contributed by atoms with van der Waals surface area (Å²) in [6.45, 7) is 1.99. The standard InChI is InChI=1S/C19H21ClN2O3S/c1-14-7-8-15(20)11-18(14)21-12-19(23)22(16-5-3-2-4-6-16)17-9-10-26(24,25)13-17/h2-8,11,17,21H,9-10,12-13H2,1H3. The molecule has 1 fully saturated rings. The molecule has 0 aromatic heterocycles. The number of benzene rings is 2. The number of hydrogen-bond acceptors (Lipinski definition) is 4. The van der Waals surface area contributed by atoms with Crippen molar-refractivity contribution in [3.05, 3.63) is 59.1 Å². The van der Waals surface area contributed by atoms with Crippen LogP contribution in [0.5, 0.6) is 0 Å². The molecule has 2 aromatic rings. The molecule has 2 aromatic carbocycles. The number of carbonyl (C=O) groups is 1. The first-order valence-electron chi connectivity index (χ1n) is 8.43. The van der Waals surface area contributed by atoms with Gasteiger partial charge in [-0.15, -0.1) is 0 Å². The minimum Gasteiger partial charge on any atom is -0.376 e. The van der Waals surface area contributed by atoms with Crippen LogP contribution < -0.4 is 10.2 Å². The largest absolute Gasteiger partial charge is 0.376 e.